The monoisotopic (exact) mass is 208 g/mol. The molecule has 1 aromatic carbocycles. The Bertz CT molecular complexity index is 277. The van der Waals surface area contributed by atoms with E-state index in [-0.39, 0.29) is 6.10 Å². The van der Waals surface area contributed by atoms with Gasteiger partial charge in [-0.25, -0.2) is 0 Å². The molecule has 0 saturated heterocycles. The molecule has 0 heterocycles. The first kappa shape index (κ1) is 12.1. The van der Waals surface area contributed by atoms with Crippen molar-refractivity contribution in [2.75, 3.05) is 0 Å². The maximum absolute atomic E-state index is 9.30. The smallest absolute Gasteiger partial charge is 0.121 e. The lowest BCUT2D eigenvalue weighted by Gasteiger charge is -2.17. The molecular formula is C13H20O2. The predicted octanol–water partition coefficient (Wildman–Crippen LogP) is 2.79. The van der Waals surface area contributed by atoms with Gasteiger partial charge in [-0.3, -0.25) is 0 Å². The van der Waals surface area contributed by atoms with E-state index < -0.39 is 6.10 Å². The zero-order chi connectivity index (χ0) is 11.3. The molecule has 0 radical (unpaired) electrons. The first-order valence-electron chi connectivity index (χ1n) is 5.57. The Kier molecular flexibility index (Phi) is 4.63. The average Bonchev–Trinajstić information content (AvgIpc) is 2.21. The molecule has 84 valence electrons. The third-order valence-electron chi connectivity index (χ3n) is 2.46. The van der Waals surface area contributed by atoms with Crippen LogP contribution in [0.25, 0.3) is 0 Å². The van der Waals surface area contributed by atoms with Crippen LogP contribution < -0.4 is 4.74 Å². The van der Waals surface area contributed by atoms with Gasteiger partial charge in [-0.15, -0.1) is 0 Å². The molecule has 0 amide bonds. The molecule has 0 aliphatic heterocycles. The molecule has 0 bridgehead atoms. The Balaban J connectivity index is 2.56. The number of aliphatic hydroxyl groups is 1. The minimum absolute atomic E-state index is 0.165. The summed E-state index contributed by atoms with van der Waals surface area (Å²) in [5, 5.41) is 9.30. The molecule has 0 fully saturated rings. The van der Waals surface area contributed by atoms with Gasteiger partial charge < -0.3 is 9.84 Å². The molecule has 2 atom stereocenters. The fraction of sp³-hybridized carbons (Fsp3) is 0.538. The maximum Gasteiger partial charge on any atom is 0.121 e. The summed E-state index contributed by atoms with van der Waals surface area (Å²) in [6.45, 7) is 5.76. The fourth-order valence-corrected chi connectivity index (χ4v) is 1.34. The van der Waals surface area contributed by atoms with Gasteiger partial charge >= 0.3 is 0 Å². The Labute approximate surface area is 91.9 Å². The summed E-state index contributed by atoms with van der Waals surface area (Å²) in [7, 11) is 0. The van der Waals surface area contributed by atoms with Gasteiger partial charge in [-0.1, -0.05) is 25.5 Å². The van der Waals surface area contributed by atoms with Gasteiger partial charge in [0, 0.05) is 0 Å². The summed E-state index contributed by atoms with van der Waals surface area (Å²) >= 11 is 0. The van der Waals surface area contributed by atoms with Crippen LogP contribution in [0.3, 0.4) is 0 Å². The van der Waals surface area contributed by atoms with Crippen molar-refractivity contribution in [2.24, 2.45) is 0 Å². The summed E-state index contributed by atoms with van der Waals surface area (Å²) in [6.07, 6.45) is 1.65. The lowest BCUT2D eigenvalue weighted by atomic mass is 10.1. The highest BCUT2D eigenvalue weighted by atomic mass is 16.5. The van der Waals surface area contributed by atoms with E-state index in [2.05, 4.69) is 19.1 Å². The van der Waals surface area contributed by atoms with Crippen LogP contribution in [-0.2, 0) is 6.42 Å². The Hall–Kier alpha value is -1.02. The molecule has 0 aliphatic carbocycles. The summed E-state index contributed by atoms with van der Waals surface area (Å²) < 4.78 is 5.56. The van der Waals surface area contributed by atoms with Gasteiger partial charge in [0.15, 0.2) is 0 Å². The van der Waals surface area contributed by atoms with E-state index >= 15 is 0 Å². The van der Waals surface area contributed by atoms with Crippen molar-refractivity contribution in [3.63, 3.8) is 0 Å². The zero-order valence-corrected chi connectivity index (χ0v) is 9.73. The van der Waals surface area contributed by atoms with Gasteiger partial charge in [0.05, 0.1) is 6.10 Å². The normalized spacial score (nSPS) is 14.7. The SMILES string of the molecule is CCCc1ccc(OC(C)[C@H](C)O)cc1. The minimum Gasteiger partial charge on any atom is -0.488 e. The molecule has 2 nitrogen and oxygen atoms in total. The van der Waals surface area contributed by atoms with Crippen molar-refractivity contribution in [3.05, 3.63) is 29.8 Å². The van der Waals surface area contributed by atoms with E-state index in [4.69, 9.17) is 4.74 Å². The summed E-state index contributed by atoms with van der Waals surface area (Å²) in [4.78, 5) is 0. The second kappa shape index (κ2) is 5.76. The number of hydrogen-bond donors (Lipinski definition) is 1. The number of hydrogen-bond acceptors (Lipinski definition) is 2. The molecule has 1 rings (SSSR count). The Morgan fingerprint density at radius 2 is 1.80 bits per heavy atom. The quantitative estimate of drug-likeness (QED) is 0.806. The summed E-state index contributed by atoms with van der Waals surface area (Å²) in [6, 6.07) is 8.08. The Morgan fingerprint density at radius 1 is 1.20 bits per heavy atom. The minimum atomic E-state index is -0.444. The van der Waals surface area contributed by atoms with Crippen LogP contribution >= 0.6 is 0 Å². The molecule has 0 aromatic heterocycles. The predicted molar refractivity (Wildman–Crippen MR) is 62.2 cm³/mol. The van der Waals surface area contributed by atoms with E-state index in [1.165, 1.54) is 5.56 Å². The molecule has 1 N–H and O–H groups in total. The van der Waals surface area contributed by atoms with Crippen LogP contribution in [0.5, 0.6) is 5.75 Å². The van der Waals surface area contributed by atoms with Crippen molar-refractivity contribution in [3.8, 4) is 5.75 Å². The lowest BCUT2D eigenvalue weighted by molar-refractivity contribution is 0.0604. The summed E-state index contributed by atoms with van der Waals surface area (Å²) in [5.41, 5.74) is 1.33. The number of aryl methyl sites for hydroxylation is 1. The first-order valence-corrected chi connectivity index (χ1v) is 5.57. The van der Waals surface area contributed by atoms with Gasteiger partial charge in [0.25, 0.3) is 0 Å². The van der Waals surface area contributed by atoms with Crippen molar-refractivity contribution < 1.29 is 9.84 Å². The molecule has 0 spiro atoms. The highest BCUT2D eigenvalue weighted by Crippen LogP contribution is 2.15. The second-order valence-corrected chi connectivity index (χ2v) is 3.96. The number of rotatable bonds is 5. The summed E-state index contributed by atoms with van der Waals surface area (Å²) in [5.74, 6) is 0.822. The Morgan fingerprint density at radius 3 is 2.27 bits per heavy atom. The molecule has 0 saturated carbocycles. The number of benzene rings is 1. The van der Waals surface area contributed by atoms with E-state index in [9.17, 15) is 5.11 Å². The highest BCUT2D eigenvalue weighted by Gasteiger charge is 2.09. The van der Waals surface area contributed by atoms with Crippen molar-refractivity contribution in [1.29, 1.82) is 0 Å². The lowest BCUT2D eigenvalue weighted by Crippen LogP contribution is -2.25. The van der Waals surface area contributed by atoms with Gasteiger partial charge in [-0.05, 0) is 38.0 Å². The molecule has 0 aliphatic rings. The van der Waals surface area contributed by atoms with Crippen LogP contribution in [0.2, 0.25) is 0 Å². The topological polar surface area (TPSA) is 29.5 Å². The molecular weight excluding hydrogens is 188 g/mol. The highest BCUT2D eigenvalue weighted by molar-refractivity contribution is 5.27. The maximum atomic E-state index is 9.30. The molecule has 2 heteroatoms. The fourth-order valence-electron chi connectivity index (χ4n) is 1.34. The number of aliphatic hydroxyl groups excluding tert-OH is 1. The average molecular weight is 208 g/mol. The van der Waals surface area contributed by atoms with Crippen LogP contribution in [0.1, 0.15) is 32.8 Å². The van der Waals surface area contributed by atoms with Crippen molar-refractivity contribution >= 4 is 0 Å². The van der Waals surface area contributed by atoms with E-state index in [1.807, 2.05) is 19.1 Å². The molecule has 1 aromatic rings. The van der Waals surface area contributed by atoms with Crippen LogP contribution in [0, 0.1) is 0 Å². The number of ether oxygens (including phenoxy) is 1. The molecule has 15 heavy (non-hydrogen) atoms. The third-order valence-corrected chi connectivity index (χ3v) is 2.46. The zero-order valence-electron chi connectivity index (χ0n) is 9.73. The van der Waals surface area contributed by atoms with Crippen molar-refractivity contribution in [1.82, 2.24) is 0 Å². The van der Waals surface area contributed by atoms with E-state index in [0.29, 0.717) is 0 Å². The third kappa shape index (κ3) is 3.92. The van der Waals surface area contributed by atoms with Gasteiger partial charge in [0.1, 0.15) is 11.9 Å². The second-order valence-electron chi connectivity index (χ2n) is 3.96. The van der Waals surface area contributed by atoms with Gasteiger partial charge in [-0.2, -0.15) is 0 Å². The van der Waals surface area contributed by atoms with Gasteiger partial charge in [0.2, 0.25) is 0 Å². The first-order chi connectivity index (χ1) is 7.13. The largest absolute Gasteiger partial charge is 0.488 e. The van der Waals surface area contributed by atoms with Crippen LogP contribution in [-0.4, -0.2) is 17.3 Å². The molecule has 1 unspecified atom stereocenters. The van der Waals surface area contributed by atoms with Crippen LogP contribution in [0.4, 0.5) is 0 Å². The van der Waals surface area contributed by atoms with Crippen molar-refractivity contribution in [2.45, 2.75) is 45.8 Å². The van der Waals surface area contributed by atoms with E-state index in [0.717, 1.165) is 18.6 Å². The van der Waals surface area contributed by atoms with E-state index in [1.54, 1.807) is 6.92 Å². The standard InChI is InChI=1S/C13H20O2/c1-4-5-12-6-8-13(9-7-12)15-11(3)10(2)14/h6-11,14H,4-5H2,1-3H3/t10-,11?/m0/s1. The van der Waals surface area contributed by atoms with Crippen LogP contribution in [0.15, 0.2) is 24.3 Å².